The molecule has 0 radical (unpaired) electrons. The molecule has 0 bridgehead atoms. The molecule has 1 fully saturated rings. The smallest absolute Gasteiger partial charge is 0.251 e. The van der Waals surface area contributed by atoms with Crippen LogP contribution < -0.4 is 5.32 Å². The van der Waals surface area contributed by atoms with Crippen LogP contribution >= 0.6 is 0 Å². The summed E-state index contributed by atoms with van der Waals surface area (Å²) in [4.78, 5) is 12.6. The van der Waals surface area contributed by atoms with Crippen molar-refractivity contribution in [1.82, 2.24) is 5.32 Å². The van der Waals surface area contributed by atoms with E-state index in [9.17, 15) is 15.0 Å². The first-order chi connectivity index (χ1) is 11.5. The molecule has 24 heavy (non-hydrogen) atoms. The lowest BCUT2D eigenvalue weighted by molar-refractivity contribution is 0.0294. The van der Waals surface area contributed by atoms with Gasteiger partial charge in [-0.3, -0.25) is 4.79 Å². The van der Waals surface area contributed by atoms with Crippen molar-refractivity contribution >= 4 is 5.91 Å². The zero-order valence-corrected chi connectivity index (χ0v) is 13.9. The van der Waals surface area contributed by atoms with Crippen LogP contribution in [0.1, 0.15) is 39.4 Å². The molecule has 0 heterocycles. The lowest BCUT2D eigenvalue weighted by Crippen LogP contribution is -2.45. The van der Waals surface area contributed by atoms with E-state index in [0.29, 0.717) is 12.0 Å². The molecule has 2 aromatic carbocycles. The number of aryl methyl sites for hydroxylation is 2. The van der Waals surface area contributed by atoms with E-state index in [0.717, 1.165) is 16.7 Å². The molecule has 1 aliphatic carbocycles. The Bertz CT molecular complexity index is 743. The molecule has 2 aromatic rings. The number of amides is 1. The quantitative estimate of drug-likeness (QED) is 0.811. The van der Waals surface area contributed by atoms with Gasteiger partial charge in [-0.2, -0.15) is 0 Å². The summed E-state index contributed by atoms with van der Waals surface area (Å²) < 4.78 is 0. The van der Waals surface area contributed by atoms with Crippen molar-refractivity contribution in [2.75, 3.05) is 0 Å². The second-order valence-corrected chi connectivity index (χ2v) is 6.57. The second-order valence-electron chi connectivity index (χ2n) is 6.57. The highest BCUT2D eigenvalue weighted by Gasteiger charge is 2.43. The van der Waals surface area contributed by atoms with Crippen LogP contribution in [0.5, 0.6) is 0 Å². The molecule has 4 unspecified atom stereocenters. The summed E-state index contributed by atoms with van der Waals surface area (Å²) in [6.45, 7) is 3.89. The van der Waals surface area contributed by atoms with E-state index in [2.05, 4.69) is 5.32 Å². The molecule has 4 atom stereocenters. The van der Waals surface area contributed by atoms with Crippen LogP contribution in [0.3, 0.4) is 0 Å². The van der Waals surface area contributed by atoms with Gasteiger partial charge in [-0.25, -0.2) is 0 Å². The number of hydrogen-bond acceptors (Lipinski definition) is 3. The third-order valence-corrected chi connectivity index (χ3v) is 4.97. The Kier molecular flexibility index (Phi) is 4.69. The minimum absolute atomic E-state index is 0.107. The van der Waals surface area contributed by atoms with E-state index in [1.807, 2.05) is 56.3 Å². The Morgan fingerprint density at radius 2 is 1.62 bits per heavy atom. The van der Waals surface area contributed by atoms with Gasteiger partial charge >= 0.3 is 0 Å². The first kappa shape index (κ1) is 16.7. The fourth-order valence-electron chi connectivity index (χ4n) is 3.59. The van der Waals surface area contributed by atoms with Gasteiger partial charge in [0.05, 0.1) is 12.1 Å². The Hall–Kier alpha value is -2.17. The third-order valence-electron chi connectivity index (χ3n) is 4.97. The number of aliphatic hydroxyl groups excluding tert-OH is 2. The molecule has 0 saturated heterocycles. The SMILES string of the molecule is Cc1ccccc1C(=O)NC1C(c2ccccc2C)CC(O)C1O. The largest absolute Gasteiger partial charge is 0.390 e. The predicted octanol–water partition coefficient (Wildman–Crippen LogP) is 2.31. The van der Waals surface area contributed by atoms with Crippen LogP contribution in [-0.4, -0.2) is 34.4 Å². The number of carbonyl (C=O) groups is 1. The fraction of sp³-hybridized carbons (Fsp3) is 0.350. The zero-order valence-electron chi connectivity index (χ0n) is 13.9. The fourth-order valence-corrected chi connectivity index (χ4v) is 3.59. The third kappa shape index (κ3) is 3.07. The summed E-state index contributed by atoms with van der Waals surface area (Å²) in [5.74, 6) is -0.325. The highest BCUT2D eigenvalue weighted by molar-refractivity contribution is 5.95. The minimum atomic E-state index is -0.970. The van der Waals surface area contributed by atoms with Gasteiger partial charge in [0.15, 0.2) is 0 Å². The molecule has 126 valence electrons. The summed E-state index contributed by atoms with van der Waals surface area (Å²) in [5, 5.41) is 23.5. The van der Waals surface area contributed by atoms with Gasteiger partial charge in [-0.05, 0) is 43.0 Å². The Morgan fingerprint density at radius 1 is 1.00 bits per heavy atom. The average molecular weight is 325 g/mol. The molecule has 4 nitrogen and oxygen atoms in total. The standard InChI is InChI=1S/C20H23NO3/c1-12-7-3-5-9-14(12)16-11-17(22)19(23)18(16)21-20(24)15-10-6-4-8-13(15)2/h3-10,16-19,22-23H,11H2,1-2H3,(H,21,24). The first-order valence-electron chi connectivity index (χ1n) is 8.27. The van der Waals surface area contributed by atoms with Crippen molar-refractivity contribution in [3.8, 4) is 0 Å². The molecule has 1 aliphatic rings. The highest BCUT2D eigenvalue weighted by Crippen LogP contribution is 2.36. The molecule has 1 saturated carbocycles. The monoisotopic (exact) mass is 325 g/mol. The summed E-state index contributed by atoms with van der Waals surface area (Å²) in [6.07, 6.45) is -1.37. The van der Waals surface area contributed by atoms with Crippen LogP contribution in [0.2, 0.25) is 0 Å². The maximum absolute atomic E-state index is 12.6. The van der Waals surface area contributed by atoms with Gasteiger partial charge in [0.1, 0.15) is 6.10 Å². The lowest BCUT2D eigenvalue weighted by atomic mass is 9.90. The van der Waals surface area contributed by atoms with E-state index in [-0.39, 0.29) is 11.8 Å². The summed E-state index contributed by atoms with van der Waals surface area (Å²) in [7, 11) is 0. The Labute approximate surface area is 142 Å². The van der Waals surface area contributed by atoms with Crippen molar-refractivity contribution < 1.29 is 15.0 Å². The van der Waals surface area contributed by atoms with Gasteiger partial charge in [0.2, 0.25) is 0 Å². The van der Waals surface area contributed by atoms with E-state index >= 15 is 0 Å². The van der Waals surface area contributed by atoms with E-state index in [1.54, 1.807) is 6.07 Å². The zero-order chi connectivity index (χ0) is 17.3. The molecule has 3 rings (SSSR count). The highest BCUT2D eigenvalue weighted by atomic mass is 16.3. The average Bonchev–Trinajstić information content (AvgIpc) is 2.84. The van der Waals surface area contributed by atoms with Crippen LogP contribution in [-0.2, 0) is 0 Å². The molecule has 4 heteroatoms. The maximum atomic E-state index is 12.6. The number of rotatable bonds is 3. The molecule has 0 spiro atoms. The first-order valence-corrected chi connectivity index (χ1v) is 8.27. The topological polar surface area (TPSA) is 69.6 Å². The van der Waals surface area contributed by atoms with Crippen LogP contribution in [0.25, 0.3) is 0 Å². The Balaban J connectivity index is 1.88. The van der Waals surface area contributed by atoms with Crippen molar-refractivity contribution in [3.05, 3.63) is 70.8 Å². The minimum Gasteiger partial charge on any atom is -0.390 e. The molecular weight excluding hydrogens is 302 g/mol. The molecule has 0 aromatic heterocycles. The van der Waals surface area contributed by atoms with Gasteiger partial charge in [0.25, 0.3) is 5.91 Å². The number of hydrogen-bond donors (Lipinski definition) is 3. The van der Waals surface area contributed by atoms with E-state index in [4.69, 9.17) is 0 Å². The summed E-state index contributed by atoms with van der Waals surface area (Å²) in [6, 6.07) is 14.8. The number of aliphatic hydroxyl groups is 2. The molecule has 0 aliphatic heterocycles. The van der Waals surface area contributed by atoms with Crippen molar-refractivity contribution in [1.29, 1.82) is 0 Å². The van der Waals surface area contributed by atoms with Gasteiger partial charge in [-0.1, -0.05) is 42.5 Å². The van der Waals surface area contributed by atoms with Crippen LogP contribution in [0, 0.1) is 13.8 Å². The number of benzene rings is 2. The summed E-state index contributed by atoms with van der Waals surface area (Å²) >= 11 is 0. The van der Waals surface area contributed by atoms with E-state index < -0.39 is 18.2 Å². The molecule has 1 amide bonds. The number of carbonyl (C=O) groups excluding carboxylic acids is 1. The van der Waals surface area contributed by atoms with Crippen molar-refractivity contribution in [3.63, 3.8) is 0 Å². The predicted molar refractivity (Wildman–Crippen MR) is 93.0 cm³/mol. The van der Waals surface area contributed by atoms with Crippen molar-refractivity contribution in [2.24, 2.45) is 0 Å². The van der Waals surface area contributed by atoms with Crippen LogP contribution in [0.15, 0.2) is 48.5 Å². The number of nitrogens with one attached hydrogen (secondary N) is 1. The van der Waals surface area contributed by atoms with Gasteiger partial charge in [0, 0.05) is 11.5 Å². The van der Waals surface area contributed by atoms with Gasteiger partial charge in [-0.15, -0.1) is 0 Å². The summed E-state index contributed by atoms with van der Waals surface area (Å²) in [5.41, 5.74) is 3.63. The second kappa shape index (κ2) is 6.75. The Morgan fingerprint density at radius 3 is 2.29 bits per heavy atom. The van der Waals surface area contributed by atoms with E-state index in [1.165, 1.54) is 0 Å². The maximum Gasteiger partial charge on any atom is 0.251 e. The molecule has 3 N–H and O–H groups in total. The molecular formula is C20H23NO3. The van der Waals surface area contributed by atoms with Crippen LogP contribution in [0.4, 0.5) is 0 Å². The van der Waals surface area contributed by atoms with Crippen molar-refractivity contribution in [2.45, 2.75) is 44.4 Å². The lowest BCUT2D eigenvalue weighted by Gasteiger charge is -2.25. The normalized spacial score (nSPS) is 26.3. The van der Waals surface area contributed by atoms with Gasteiger partial charge < -0.3 is 15.5 Å².